The van der Waals surface area contributed by atoms with Crippen LogP contribution in [0.4, 0.5) is 0 Å². The van der Waals surface area contributed by atoms with Gasteiger partial charge >= 0.3 is 0 Å². The van der Waals surface area contributed by atoms with Gasteiger partial charge in [-0.25, -0.2) is 0 Å². The van der Waals surface area contributed by atoms with Gasteiger partial charge in [0.15, 0.2) is 0 Å². The van der Waals surface area contributed by atoms with E-state index in [1.807, 2.05) is 0 Å². The van der Waals surface area contributed by atoms with E-state index < -0.39 is 0 Å². The van der Waals surface area contributed by atoms with Crippen molar-refractivity contribution >= 4 is 17.6 Å². The number of rotatable bonds is 4. The van der Waals surface area contributed by atoms with Crippen LogP contribution in [0.25, 0.3) is 0 Å². The Bertz CT molecular complexity index is 246. The summed E-state index contributed by atoms with van der Waals surface area (Å²) in [6.07, 6.45) is 9.09. The van der Waals surface area contributed by atoms with E-state index in [1.165, 1.54) is 50.7 Å². The minimum Gasteiger partial charge on any atom is -0.387 e. The predicted molar refractivity (Wildman–Crippen MR) is 73.1 cm³/mol. The molecule has 92 valence electrons. The molecule has 2 aliphatic carbocycles. The number of nitrogens with two attached hydrogens (primary N) is 1. The van der Waals surface area contributed by atoms with Crippen molar-refractivity contribution in [3.63, 3.8) is 0 Å². The summed E-state index contributed by atoms with van der Waals surface area (Å²) in [5, 5.41) is 0.843. The number of hydrogen-bond acceptors (Lipinski definition) is 2. The van der Waals surface area contributed by atoms with E-state index in [2.05, 4.69) is 18.7 Å². The molecule has 2 N–H and O–H groups in total. The highest BCUT2D eigenvalue weighted by molar-refractivity contribution is 7.99. The Kier molecular flexibility index (Phi) is 4.56. The second-order valence-corrected chi connectivity index (χ2v) is 6.66. The number of amidine groups is 1. The first-order chi connectivity index (χ1) is 7.79. The Morgan fingerprint density at radius 2 is 2.00 bits per heavy atom. The lowest BCUT2D eigenvalue weighted by molar-refractivity contribution is 0.667. The molecule has 0 amide bonds. The summed E-state index contributed by atoms with van der Waals surface area (Å²) in [6.45, 7) is 2.24. The van der Waals surface area contributed by atoms with Crippen molar-refractivity contribution in [1.29, 1.82) is 0 Å². The maximum absolute atomic E-state index is 6.12. The average molecular weight is 240 g/mol. The zero-order valence-corrected chi connectivity index (χ0v) is 11.1. The Morgan fingerprint density at radius 1 is 1.25 bits per heavy atom. The first-order valence-corrected chi connectivity index (χ1v) is 7.79. The number of thioether (sulfide) groups is 1. The van der Waals surface area contributed by atoms with E-state index in [0.29, 0.717) is 12.0 Å². The molecule has 0 saturated heterocycles. The third kappa shape index (κ3) is 3.16. The van der Waals surface area contributed by atoms with Crippen LogP contribution >= 0.6 is 11.8 Å². The summed E-state index contributed by atoms with van der Waals surface area (Å²) >= 11 is 2.09. The quantitative estimate of drug-likeness (QED) is 0.605. The minimum absolute atomic E-state index is 0.532. The van der Waals surface area contributed by atoms with E-state index in [-0.39, 0.29) is 0 Å². The maximum atomic E-state index is 6.12. The first-order valence-electron chi connectivity index (χ1n) is 6.74. The molecule has 3 heteroatoms. The maximum Gasteiger partial charge on any atom is 0.0971 e. The Morgan fingerprint density at radius 3 is 2.69 bits per heavy atom. The van der Waals surface area contributed by atoms with Crippen molar-refractivity contribution in [2.24, 2.45) is 16.6 Å². The molecule has 2 atom stereocenters. The van der Waals surface area contributed by atoms with Crippen LogP contribution in [0, 0.1) is 5.92 Å². The second-order valence-electron chi connectivity index (χ2n) is 5.08. The Balaban J connectivity index is 1.82. The number of nitrogens with zero attached hydrogens (tertiary/aromatic N) is 1. The Hall–Kier alpha value is -0.180. The van der Waals surface area contributed by atoms with Crippen molar-refractivity contribution in [1.82, 2.24) is 0 Å². The monoisotopic (exact) mass is 240 g/mol. The van der Waals surface area contributed by atoms with Crippen LogP contribution in [0.3, 0.4) is 0 Å². The highest BCUT2D eigenvalue weighted by Gasteiger charge is 2.26. The SMILES string of the molecule is CCSC1CCC(N=C(N)C2CCCC2)C1. The summed E-state index contributed by atoms with van der Waals surface area (Å²) in [4.78, 5) is 4.77. The van der Waals surface area contributed by atoms with Gasteiger partial charge in [-0.1, -0.05) is 19.8 Å². The van der Waals surface area contributed by atoms with Gasteiger partial charge in [0.2, 0.25) is 0 Å². The zero-order chi connectivity index (χ0) is 11.4. The van der Waals surface area contributed by atoms with Crippen molar-refractivity contribution < 1.29 is 0 Å². The van der Waals surface area contributed by atoms with Crippen LogP contribution in [0.15, 0.2) is 4.99 Å². The summed E-state index contributed by atoms with van der Waals surface area (Å²) in [5.41, 5.74) is 6.12. The van der Waals surface area contributed by atoms with E-state index >= 15 is 0 Å². The van der Waals surface area contributed by atoms with Crippen molar-refractivity contribution in [3.05, 3.63) is 0 Å². The molecule has 0 heterocycles. The van der Waals surface area contributed by atoms with Gasteiger partial charge in [-0.2, -0.15) is 11.8 Å². The molecule has 0 radical (unpaired) electrons. The molecule has 0 bridgehead atoms. The van der Waals surface area contributed by atoms with E-state index in [4.69, 9.17) is 10.7 Å². The molecule has 0 spiro atoms. The van der Waals surface area contributed by atoms with Crippen LogP contribution in [0.5, 0.6) is 0 Å². The molecular formula is C13H24N2S. The third-order valence-electron chi connectivity index (χ3n) is 3.86. The summed E-state index contributed by atoms with van der Waals surface area (Å²) in [7, 11) is 0. The lowest BCUT2D eigenvalue weighted by atomic mass is 10.1. The van der Waals surface area contributed by atoms with E-state index in [0.717, 1.165) is 11.1 Å². The summed E-state index contributed by atoms with van der Waals surface area (Å²) in [6, 6.07) is 0.532. The standard InChI is InChI=1S/C13H24N2S/c1-2-16-12-8-7-11(9-12)15-13(14)10-5-3-4-6-10/h10-12H,2-9H2,1H3,(H2,14,15). The molecule has 0 aromatic carbocycles. The fraction of sp³-hybridized carbons (Fsp3) is 0.923. The van der Waals surface area contributed by atoms with Crippen LogP contribution in [-0.4, -0.2) is 22.9 Å². The van der Waals surface area contributed by atoms with Gasteiger partial charge in [-0.05, 0) is 37.9 Å². The first kappa shape index (κ1) is 12.3. The van der Waals surface area contributed by atoms with Gasteiger partial charge in [0, 0.05) is 11.2 Å². The molecule has 2 nitrogen and oxygen atoms in total. The fourth-order valence-electron chi connectivity index (χ4n) is 2.96. The molecular weight excluding hydrogens is 216 g/mol. The molecule has 2 unspecified atom stereocenters. The van der Waals surface area contributed by atoms with Crippen molar-refractivity contribution in [2.75, 3.05) is 5.75 Å². The summed E-state index contributed by atoms with van der Waals surface area (Å²) in [5.74, 6) is 2.81. The average Bonchev–Trinajstić information content (AvgIpc) is 2.89. The molecule has 2 saturated carbocycles. The second kappa shape index (κ2) is 5.95. The molecule has 0 aromatic rings. The molecule has 2 fully saturated rings. The molecule has 0 aromatic heterocycles. The van der Waals surface area contributed by atoms with Gasteiger partial charge in [-0.3, -0.25) is 4.99 Å². The topological polar surface area (TPSA) is 38.4 Å². The third-order valence-corrected chi connectivity index (χ3v) is 5.10. The van der Waals surface area contributed by atoms with Crippen LogP contribution in [-0.2, 0) is 0 Å². The zero-order valence-electron chi connectivity index (χ0n) is 10.3. The molecule has 2 aliphatic rings. The van der Waals surface area contributed by atoms with Crippen molar-refractivity contribution in [2.45, 2.75) is 63.2 Å². The smallest absolute Gasteiger partial charge is 0.0971 e. The Labute approximate surface area is 103 Å². The van der Waals surface area contributed by atoms with Gasteiger partial charge in [0.1, 0.15) is 0 Å². The van der Waals surface area contributed by atoms with Gasteiger partial charge in [0.25, 0.3) is 0 Å². The molecule has 2 rings (SSSR count). The van der Waals surface area contributed by atoms with E-state index in [9.17, 15) is 0 Å². The normalized spacial score (nSPS) is 32.4. The van der Waals surface area contributed by atoms with Gasteiger partial charge < -0.3 is 5.73 Å². The van der Waals surface area contributed by atoms with E-state index in [1.54, 1.807) is 0 Å². The van der Waals surface area contributed by atoms with Crippen LogP contribution in [0.1, 0.15) is 51.9 Å². The predicted octanol–water partition coefficient (Wildman–Crippen LogP) is 3.21. The molecule has 16 heavy (non-hydrogen) atoms. The van der Waals surface area contributed by atoms with Crippen LogP contribution in [0.2, 0.25) is 0 Å². The number of hydrogen-bond donors (Lipinski definition) is 1. The number of aliphatic imine (C=N–C) groups is 1. The fourth-order valence-corrected chi connectivity index (χ4v) is 4.09. The minimum atomic E-state index is 0.532. The lowest BCUT2D eigenvalue weighted by Crippen LogP contribution is -2.23. The largest absolute Gasteiger partial charge is 0.387 e. The highest BCUT2D eigenvalue weighted by atomic mass is 32.2. The highest BCUT2D eigenvalue weighted by Crippen LogP contribution is 2.32. The van der Waals surface area contributed by atoms with Gasteiger partial charge in [-0.15, -0.1) is 0 Å². The van der Waals surface area contributed by atoms with Gasteiger partial charge in [0.05, 0.1) is 11.9 Å². The molecule has 0 aliphatic heterocycles. The lowest BCUT2D eigenvalue weighted by Gasteiger charge is -2.12. The summed E-state index contributed by atoms with van der Waals surface area (Å²) < 4.78 is 0. The van der Waals surface area contributed by atoms with Crippen LogP contribution < -0.4 is 5.73 Å². The van der Waals surface area contributed by atoms with Crippen molar-refractivity contribution in [3.8, 4) is 0 Å².